The molecule has 26 heteroatoms. The molecular formula is C14F26. The Morgan fingerprint density at radius 3 is 0.800 bits per heavy atom. The summed E-state index contributed by atoms with van der Waals surface area (Å²) >= 11 is 0. The van der Waals surface area contributed by atoms with E-state index in [9.17, 15) is 101 Å². The molecule has 2 rings (SSSR count). The van der Waals surface area contributed by atoms with Crippen molar-refractivity contribution >= 4 is 0 Å². The predicted octanol–water partition coefficient (Wildman–Crippen LogP) is 8.05. The van der Waals surface area contributed by atoms with Crippen LogP contribution >= 0.6 is 0 Å². The first-order chi connectivity index (χ1) is 16.8. The molecule has 0 unspecified atom stereocenters. The zero-order valence-electron chi connectivity index (χ0n) is 16.8. The van der Waals surface area contributed by atoms with Gasteiger partial charge in [-0.25, -0.2) is 22.0 Å². The van der Waals surface area contributed by atoms with Gasteiger partial charge in [0.2, 0.25) is 0 Å². The second kappa shape index (κ2) is 7.21. The molecule has 0 aromatic heterocycles. The first kappa shape index (κ1) is 34.4. The Labute approximate surface area is 198 Å². The average Bonchev–Trinajstić information content (AvgIpc) is 2.70. The lowest BCUT2D eigenvalue weighted by atomic mass is 9.44. The summed E-state index contributed by atoms with van der Waals surface area (Å²) in [6.07, 6.45) is -27.8. The molecule has 0 radical (unpaired) electrons. The first-order valence-electron chi connectivity index (χ1n) is 8.66. The molecule has 0 aromatic carbocycles. The van der Waals surface area contributed by atoms with E-state index in [4.69, 9.17) is 0 Å². The van der Waals surface area contributed by atoms with Gasteiger partial charge in [-0.1, -0.05) is 0 Å². The molecule has 0 N–H and O–H groups in total. The highest BCUT2D eigenvalue weighted by Gasteiger charge is 3.19. The Balaban J connectivity index is 3.71. The van der Waals surface area contributed by atoms with Crippen molar-refractivity contribution in [2.75, 3.05) is 0 Å². The van der Waals surface area contributed by atoms with Crippen molar-refractivity contribution in [3.05, 3.63) is 0 Å². The van der Waals surface area contributed by atoms with Crippen molar-refractivity contribution in [2.24, 2.45) is 0 Å². The van der Waals surface area contributed by atoms with Crippen molar-refractivity contribution in [1.29, 1.82) is 0 Å². The molecule has 238 valence electrons. The summed E-state index contributed by atoms with van der Waals surface area (Å²) in [6.45, 7) is 0. The van der Waals surface area contributed by atoms with Crippen LogP contribution in [0.2, 0.25) is 0 Å². The smallest absolute Gasteiger partial charge is 0.229 e. The Bertz CT molecular complexity index is 1060. The van der Waals surface area contributed by atoms with Gasteiger partial charge in [0, 0.05) is 0 Å². The van der Waals surface area contributed by atoms with Gasteiger partial charge in [0.15, 0.2) is 0 Å². The molecule has 0 nitrogen and oxygen atoms in total. The summed E-state index contributed by atoms with van der Waals surface area (Å²) in [5.41, 5.74) is -50.9. The fraction of sp³-hybridized carbons (Fsp3) is 1.00. The minimum atomic E-state index is -10.5. The number of halogens is 26. The van der Waals surface area contributed by atoms with Crippen LogP contribution in [-0.2, 0) is 0 Å². The number of rotatable bonds is 1. The molecule has 0 heterocycles. The standard InChI is InChI=1S/C14F26/c15-1(9(26,27)14(38,39)40)2(16)4(18,8(24,25)11(30,31)10(28,29)7(2,22)23)6(20,21)5(19,13(35,36)37)3(1,17)12(32,33)34/t1-,2+,3-,4-,5-/m1/s1. The van der Waals surface area contributed by atoms with Crippen LogP contribution in [0.15, 0.2) is 0 Å². The molecule has 5 atom stereocenters. The highest BCUT2D eigenvalue weighted by molar-refractivity contribution is 5.50. The lowest BCUT2D eigenvalue weighted by Crippen LogP contribution is -3.04. The lowest BCUT2D eigenvalue weighted by molar-refractivity contribution is -0.573. The maximum atomic E-state index is 15.3. The molecule has 0 amide bonds. The Morgan fingerprint density at radius 2 is 0.550 bits per heavy atom. The van der Waals surface area contributed by atoms with Gasteiger partial charge < -0.3 is 0 Å². The average molecular weight is 662 g/mol. The van der Waals surface area contributed by atoms with E-state index >= 15 is 13.2 Å². The lowest BCUT2D eigenvalue weighted by Gasteiger charge is -2.68. The number of alkyl halides is 26. The Kier molecular flexibility index (Phi) is 6.19. The molecule has 2 fully saturated rings. The zero-order valence-corrected chi connectivity index (χ0v) is 16.8. The fourth-order valence-electron chi connectivity index (χ4n) is 4.45. The van der Waals surface area contributed by atoms with Crippen molar-refractivity contribution in [1.82, 2.24) is 0 Å². The summed E-state index contributed by atoms with van der Waals surface area (Å²) in [5, 5.41) is 0. The normalized spacial score (nSPS) is 42.8. The van der Waals surface area contributed by atoms with Crippen LogP contribution < -0.4 is 0 Å². The monoisotopic (exact) mass is 662 g/mol. The van der Waals surface area contributed by atoms with E-state index in [1.165, 1.54) is 0 Å². The molecule has 2 aliphatic rings. The van der Waals surface area contributed by atoms with Gasteiger partial charge in [0.1, 0.15) is 0 Å². The van der Waals surface area contributed by atoms with E-state index in [2.05, 4.69) is 0 Å². The third-order valence-corrected chi connectivity index (χ3v) is 6.38. The summed E-state index contributed by atoms with van der Waals surface area (Å²) in [6, 6.07) is 0. The van der Waals surface area contributed by atoms with Crippen LogP contribution in [0.3, 0.4) is 0 Å². The number of hydrogen-bond acceptors (Lipinski definition) is 0. The first-order valence-corrected chi connectivity index (χ1v) is 8.66. The molecular weight excluding hydrogens is 662 g/mol. The zero-order chi connectivity index (χ0) is 33.0. The van der Waals surface area contributed by atoms with Gasteiger partial charge >= 0.3 is 59.7 Å². The van der Waals surface area contributed by atoms with Gasteiger partial charge in [-0.3, -0.25) is 0 Å². The Hall–Kier alpha value is -1.82. The van der Waals surface area contributed by atoms with Crippen molar-refractivity contribution in [2.45, 2.75) is 82.4 Å². The van der Waals surface area contributed by atoms with E-state index in [1.54, 1.807) is 0 Å². The second-order valence-electron chi connectivity index (χ2n) is 8.23. The molecule has 0 aliphatic heterocycles. The quantitative estimate of drug-likeness (QED) is 0.250. The van der Waals surface area contributed by atoms with E-state index in [0.717, 1.165) is 0 Å². The summed E-state index contributed by atoms with van der Waals surface area (Å²) in [7, 11) is 0. The van der Waals surface area contributed by atoms with Crippen LogP contribution in [-0.4, -0.2) is 82.4 Å². The van der Waals surface area contributed by atoms with Gasteiger partial charge in [0.25, 0.3) is 22.7 Å². The van der Waals surface area contributed by atoms with Gasteiger partial charge in [-0.2, -0.15) is 92.2 Å². The molecule has 0 saturated heterocycles. The minimum absolute atomic E-state index is 9.03. The molecule has 0 bridgehead atoms. The number of fused-ring (bicyclic) bond motifs is 1. The summed E-state index contributed by atoms with van der Waals surface area (Å²) in [4.78, 5) is 0. The van der Waals surface area contributed by atoms with Crippen molar-refractivity contribution in [3.63, 3.8) is 0 Å². The number of hydrogen-bond donors (Lipinski definition) is 0. The van der Waals surface area contributed by atoms with E-state index < -0.39 is 82.4 Å². The third-order valence-electron chi connectivity index (χ3n) is 6.38. The predicted molar refractivity (Wildman–Crippen MR) is 67.0 cm³/mol. The van der Waals surface area contributed by atoms with Gasteiger partial charge in [-0.15, -0.1) is 0 Å². The van der Waals surface area contributed by atoms with Crippen LogP contribution in [0.25, 0.3) is 0 Å². The van der Waals surface area contributed by atoms with Crippen LogP contribution in [0.1, 0.15) is 0 Å². The molecule has 40 heavy (non-hydrogen) atoms. The van der Waals surface area contributed by atoms with E-state index in [1.807, 2.05) is 0 Å². The van der Waals surface area contributed by atoms with Crippen LogP contribution in [0.4, 0.5) is 114 Å². The van der Waals surface area contributed by atoms with Crippen molar-refractivity contribution < 1.29 is 114 Å². The van der Waals surface area contributed by atoms with Crippen LogP contribution in [0, 0.1) is 0 Å². The Morgan fingerprint density at radius 1 is 0.275 bits per heavy atom. The van der Waals surface area contributed by atoms with Crippen LogP contribution in [0.5, 0.6) is 0 Å². The molecule has 0 spiro atoms. The van der Waals surface area contributed by atoms with Gasteiger partial charge in [-0.05, 0) is 0 Å². The summed E-state index contributed by atoms with van der Waals surface area (Å²) < 4.78 is 361. The fourth-order valence-corrected chi connectivity index (χ4v) is 4.45. The second-order valence-corrected chi connectivity index (χ2v) is 8.23. The van der Waals surface area contributed by atoms with Gasteiger partial charge in [0.05, 0.1) is 0 Å². The van der Waals surface area contributed by atoms with Crippen molar-refractivity contribution in [3.8, 4) is 0 Å². The molecule has 2 aliphatic carbocycles. The molecule has 0 aromatic rings. The topological polar surface area (TPSA) is 0 Å². The molecule has 2 saturated carbocycles. The highest BCUT2D eigenvalue weighted by Crippen LogP contribution is 2.85. The van der Waals surface area contributed by atoms with E-state index in [-0.39, 0.29) is 0 Å². The largest absolute Gasteiger partial charge is 0.457 e. The maximum Gasteiger partial charge on any atom is 0.457 e. The maximum absolute atomic E-state index is 15.3. The minimum Gasteiger partial charge on any atom is -0.229 e. The summed E-state index contributed by atoms with van der Waals surface area (Å²) in [5.74, 6) is -57.1. The highest BCUT2D eigenvalue weighted by atomic mass is 19.4. The van der Waals surface area contributed by atoms with E-state index in [0.29, 0.717) is 0 Å². The third kappa shape index (κ3) is 2.52. The SMILES string of the molecule is FC(F)(F)C(F)(F)[C@@]1(F)[C@@]2(F)C(F)(F)C(F)(F)C(F)(F)C(F)(F)[C@]2(F)C(F)(F)[C@@](F)(C(F)(F)F)[C@@]1(F)C(F)(F)F.